The number of nitro groups is 1. The minimum absolute atomic E-state index is 0.137. The second kappa shape index (κ2) is 6.13. The van der Waals surface area contributed by atoms with Crippen LogP contribution in [0.1, 0.15) is 5.56 Å². The molecule has 1 rings (SSSR count). The lowest BCUT2D eigenvalue weighted by Gasteiger charge is -2.04. The fourth-order valence-electron chi connectivity index (χ4n) is 1.20. The zero-order valence-electron chi connectivity index (χ0n) is 10.2. The van der Waals surface area contributed by atoms with Gasteiger partial charge in [0.05, 0.1) is 18.2 Å². The Labute approximate surface area is 112 Å². The Bertz CT molecular complexity index is 598. The van der Waals surface area contributed by atoms with E-state index in [0.29, 0.717) is 0 Å². The van der Waals surface area contributed by atoms with E-state index in [4.69, 9.17) is 4.74 Å². The maximum Gasteiger partial charge on any atom is 0.329 e. The molecule has 10 heteroatoms. The number of amides is 2. The Morgan fingerprint density at radius 1 is 1.55 bits per heavy atom. The number of methoxy groups -OCH3 is 1. The third kappa shape index (κ3) is 3.41. The number of carbonyl (C=O) groups excluding carboxylic acids is 2. The van der Waals surface area contributed by atoms with Gasteiger partial charge >= 0.3 is 17.5 Å². The fourth-order valence-corrected chi connectivity index (χ4v) is 1.20. The highest BCUT2D eigenvalue weighted by molar-refractivity contribution is 6.34. The van der Waals surface area contributed by atoms with E-state index in [2.05, 4.69) is 10.8 Å². The summed E-state index contributed by atoms with van der Waals surface area (Å²) in [5.74, 6) is -3.13. The van der Waals surface area contributed by atoms with Crippen LogP contribution >= 0.6 is 0 Å². The summed E-state index contributed by atoms with van der Waals surface area (Å²) in [6.45, 7) is 0. The van der Waals surface area contributed by atoms with Gasteiger partial charge in [0.25, 0.3) is 0 Å². The number of nitrogens with one attached hydrogen (secondary N) is 1. The van der Waals surface area contributed by atoms with Gasteiger partial charge in [0.1, 0.15) is 0 Å². The molecule has 0 atom stereocenters. The number of nitrogens with two attached hydrogens (primary N) is 1. The Kier molecular flexibility index (Phi) is 4.56. The normalized spacial score (nSPS) is 10.2. The van der Waals surface area contributed by atoms with Crippen LogP contribution in [-0.4, -0.2) is 35.2 Å². The number of hydrazone groups is 1. The smallest absolute Gasteiger partial charge is 0.329 e. The van der Waals surface area contributed by atoms with Crippen LogP contribution in [0.4, 0.5) is 5.69 Å². The summed E-state index contributed by atoms with van der Waals surface area (Å²) in [7, 11) is 1.22. The van der Waals surface area contributed by atoms with E-state index in [-0.39, 0.29) is 11.3 Å². The molecule has 0 heterocycles. The predicted octanol–water partition coefficient (Wildman–Crippen LogP) is -0.756. The summed E-state index contributed by atoms with van der Waals surface area (Å²) >= 11 is 0. The molecule has 1 aromatic rings. The van der Waals surface area contributed by atoms with Crippen molar-refractivity contribution in [3.05, 3.63) is 27.8 Å². The second-order valence-electron chi connectivity index (χ2n) is 3.41. The molecule has 20 heavy (non-hydrogen) atoms. The van der Waals surface area contributed by atoms with Crippen molar-refractivity contribution in [2.24, 2.45) is 10.8 Å². The summed E-state index contributed by atoms with van der Waals surface area (Å²) in [5.41, 5.74) is 6.06. The van der Waals surface area contributed by atoms with Crippen LogP contribution in [0.25, 0.3) is 0 Å². The SMILES string of the molecule is COc1cc(/C=N\NC(=O)C(N)=O)cc([N+](=O)[O-])c1O. The highest BCUT2D eigenvalue weighted by Gasteiger charge is 2.19. The Morgan fingerprint density at radius 3 is 2.70 bits per heavy atom. The maximum atomic E-state index is 10.8. The van der Waals surface area contributed by atoms with Gasteiger partial charge in [-0.15, -0.1) is 0 Å². The first-order valence-corrected chi connectivity index (χ1v) is 5.05. The molecule has 0 aliphatic rings. The van der Waals surface area contributed by atoms with Gasteiger partial charge in [-0.25, -0.2) is 5.43 Å². The Balaban J connectivity index is 3.04. The molecule has 10 nitrogen and oxygen atoms in total. The van der Waals surface area contributed by atoms with Crippen molar-refractivity contribution in [3.63, 3.8) is 0 Å². The molecule has 0 saturated heterocycles. The van der Waals surface area contributed by atoms with Crippen LogP contribution in [0, 0.1) is 10.1 Å². The Morgan fingerprint density at radius 2 is 2.20 bits per heavy atom. The molecule has 0 aliphatic heterocycles. The third-order valence-electron chi connectivity index (χ3n) is 2.10. The summed E-state index contributed by atoms with van der Waals surface area (Å²) in [4.78, 5) is 31.2. The number of aromatic hydroxyl groups is 1. The van der Waals surface area contributed by atoms with E-state index in [1.165, 1.54) is 13.2 Å². The van der Waals surface area contributed by atoms with Crippen molar-refractivity contribution in [2.45, 2.75) is 0 Å². The molecule has 4 N–H and O–H groups in total. The number of phenols is 1. The number of hydrogen-bond acceptors (Lipinski definition) is 7. The van der Waals surface area contributed by atoms with Crippen molar-refractivity contribution in [1.29, 1.82) is 0 Å². The minimum Gasteiger partial charge on any atom is -0.500 e. The van der Waals surface area contributed by atoms with Crippen LogP contribution in [0.3, 0.4) is 0 Å². The van der Waals surface area contributed by atoms with Gasteiger partial charge in [0.15, 0.2) is 5.75 Å². The molecule has 2 amide bonds. The van der Waals surface area contributed by atoms with E-state index < -0.39 is 28.2 Å². The van der Waals surface area contributed by atoms with Crippen LogP contribution in [0.5, 0.6) is 11.5 Å². The number of rotatable bonds is 4. The highest BCUT2D eigenvalue weighted by Crippen LogP contribution is 2.36. The summed E-state index contributed by atoms with van der Waals surface area (Å²) < 4.78 is 4.76. The lowest BCUT2D eigenvalue weighted by molar-refractivity contribution is -0.386. The van der Waals surface area contributed by atoms with Gasteiger partial charge in [0.2, 0.25) is 5.75 Å². The molecule has 106 valence electrons. The van der Waals surface area contributed by atoms with Crippen molar-refractivity contribution in [2.75, 3.05) is 7.11 Å². The average Bonchev–Trinajstić information content (AvgIpc) is 2.39. The van der Waals surface area contributed by atoms with E-state index in [1.54, 1.807) is 0 Å². The van der Waals surface area contributed by atoms with Crippen molar-refractivity contribution < 1.29 is 24.4 Å². The van der Waals surface area contributed by atoms with Gasteiger partial charge in [-0.05, 0) is 6.07 Å². The van der Waals surface area contributed by atoms with Crippen molar-refractivity contribution >= 4 is 23.7 Å². The number of hydrogen-bond donors (Lipinski definition) is 3. The topological polar surface area (TPSA) is 157 Å². The van der Waals surface area contributed by atoms with Crippen LogP contribution in [-0.2, 0) is 9.59 Å². The van der Waals surface area contributed by atoms with Gasteiger partial charge in [-0.1, -0.05) is 0 Å². The first-order valence-electron chi connectivity index (χ1n) is 5.05. The standard InChI is InChI=1S/C10H10N4O6/c1-20-7-3-5(2-6(8(7)15)14(18)19)4-12-13-10(17)9(11)16/h2-4,15H,1H3,(H2,11,16)(H,13,17)/b12-4-. The van der Waals surface area contributed by atoms with Crippen LogP contribution in [0.15, 0.2) is 17.2 Å². The predicted molar refractivity (Wildman–Crippen MR) is 66.2 cm³/mol. The van der Waals surface area contributed by atoms with Crippen LogP contribution in [0.2, 0.25) is 0 Å². The van der Waals surface area contributed by atoms with Gasteiger partial charge in [0, 0.05) is 11.6 Å². The summed E-state index contributed by atoms with van der Waals surface area (Å²) in [5, 5.41) is 23.6. The van der Waals surface area contributed by atoms with Crippen molar-refractivity contribution in [1.82, 2.24) is 5.43 Å². The monoisotopic (exact) mass is 282 g/mol. The number of benzene rings is 1. The lowest BCUT2D eigenvalue weighted by Crippen LogP contribution is -2.32. The number of primary amides is 1. The van der Waals surface area contributed by atoms with Gasteiger partial charge in [-0.2, -0.15) is 5.10 Å². The second-order valence-corrected chi connectivity index (χ2v) is 3.41. The number of phenolic OH excluding ortho intramolecular Hbond substituents is 1. The van der Waals surface area contributed by atoms with E-state index in [9.17, 15) is 24.8 Å². The zero-order valence-corrected chi connectivity index (χ0v) is 10.2. The molecule has 0 aromatic heterocycles. The number of nitro benzene ring substituents is 1. The highest BCUT2D eigenvalue weighted by atomic mass is 16.6. The average molecular weight is 282 g/mol. The molecule has 0 fully saturated rings. The zero-order chi connectivity index (χ0) is 15.3. The van der Waals surface area contributed by atoms with E-state index >= 15 is 0 Å². The maximum absolute atomic E-state index is 10.8. The molecule has 1 aromatic carbocycles. The first-order chi connectivity index (χ1) is 9.36. The molecule has 0 saturated carbocycles. The van der Waals surface area contributed by atoms with E-state index in [0.717, 1.165) is 12.3 Å². The molecule has 0 spiro atoms. The van der Waals surface area contributed by atoms with Crippen LogP contribution < -0.4 is 15.9 Å². The molecule has 0 bridgehead atoms. The lowest BCUT2D eigenvalue weighted by atomic mass is 10.2. The quantitative estimate of drug-likeness (QED) is 0.285. The molecule has 0 aliphatic carbocycles. The minimum atomic E-state index is -1.23. The Hall–Kier alpha value is -3.17. The number of nitrogens with zero attached hydrogens (tertiary/aromatic N) is 2. The number of carbonyl (C=O) groups is 2. The molecule has 0 radical (unpaired) electrons. The van der Waals surface area contributed by atoms with E-state index in [1.807, 2.05) is 5.43 Å². The van der Waals surface area contributed by atoms with Gasteiger partial charge in [-0.3, -0.25) is 19.7 Å². The molecule has 0 unspecified atom stereocenters. The summed E-state index contributed by atoms with van der Waals surface area (Å²) in [6, 6.07) is 2.26. The summed E-state index contributed by atoms with van der Waals surface area (Å²) in [6.07, 6.45) is 1.02. The van der Waals surface area contributed by atoms with Crippen molar-refractivity contribution in [3.8, 4) is 11.5 Å². The van der Waals surface area contributed by atoms with Gasteiger partial charge < -0.3 is 15.6 Å². The molecular formula is C10H10N4O6. The fraction of sp³-hybridized carbons (Fsp3) is 0.100. The first kappa shape index (κ1) is 14.9. The molecular weight excluding hydrogens is 272 g/mol. The number of ether oxygens (including phenoxy) is 1. The third-order valence-corrected chi connectivity index (χ3v) is 2.10. The largest absolute Gasteiger partial charge is 0.500 e.